The maximum absolute atomic E-state index is 12.0. The standard InChI is InChI=1S/C14H22N4O2/c1-14(2)11-17(7-8-20-14)12-9-13(19)18(16-10-12)6-4-3-5-15/h3-4,9-10H,5-8,11,15H2,1-2H3/b4-3+. The first kappa shape index (κ1) is 14.7. The molecule has 1 aromatic rings. The van der Waals surface area contributed by atoms with Crippen LogP contribution in [-0.2, 0) is 11.3 Å². The van der Waals surface area contributed by atoms with E-state index in [4.69, 9.17) is 10.5 Å². The molecule has 0 amide bonds. The average molecular weight is 278 g/mol. The molecule has 1 fully saturated rings. The molecule has 0 saturated carbocycles. The maximum atomic E-state index is 12.0. The quantitative estimate of drug-likeness (QED) is 0.806. The van der Waals surface area contributed by atoms with E-state index < -0.39 is 0 Å². The lowest BCUT2D eigenvalue weighted by Crippen LogP contribution is -2.48. The van der Waals surface area contributed by atoms with Crippen molar-refractivity contribution in [1.29, 1.82) is 0 Å². The zero-order valence-corrected chi connectivity index (χ0v) is 12.1. The Labute approximate surface area is 118 Å². The van der Waals surface area contributed by atoms with Gasteiger partial charge in [0.2, 0.25) is 0 Å². The highest BCUT2D eigenvalue weighted by Gasteiger charge is 2.27. The molecule has 0 atom stereocenters. The molecule has 110 valence electrons. The van der Waals surface area contributed by atoms with E-state index in [1.165, 1.54) is 4.68 Å². The Balaban J connectivity index is 2.12. The summed E-state index contributed by atoms with van der Waals surface area (Å²) in [5.41, 5.74) is 5.92. The Kier molecular flexibility index (Phi) is 4.57. The highest BCUT2D eigenvalue weighted by Crippen LogP contribution is 2.21. The second-order valence-electron chi connectivity index (χ2n) is 5.47. The summed E-state index contributed by atoms with van der Waals surface area (Å²) < 4.78 is 7.09. The lowest BCUT2D eigenvalue weighted by molar-refractivity contribution is -0.0277. The summed E-state index contributed by atoms with van der Waals surface area (Å²) in [4.78, 5) is 14.2. The number of anilines is 1. The van der Waals surface area contributed by atoms with Gasteiger partial charge in [0.15, 0.2) is 0 Å². The van der Waals surface area contributed by atoms with Crippen molar-refractivity contribution in [1.82, 2.24) is 9.78 Å². The SMILES string of the molecule is CC1(C)CN(c2cnn(C/C=C/CN)c(=O)c2)CCO1. The van der Waals surface area contributed by atoms with Crippen LogP contribution in [0.5, 0.6) is 0 Å². The molecule has 0 aliphatic carbocycles. The second kappa shape index (κ2) is 6.19. The van der Waals surface area contributed by atoms with Crippen LogP contribution >= 0.6 is 0 Å². The summed E-state index contributed by atoms with van der Waals surface area (Å²) >= 11 is 0. The molecule has 0 spiro atoms. The Morgan fingerprint density at radius 3 is 2.95 bits per heavy atom. The first-order valence-corrected chi connectivity index (χ1v) is 6.83. The van der Waals surface area contributed by atoms with Crippen LogP contribution in [0, 0.1) is 0 Å². The molecule has 6 nitrogen and oxygen atoms in total. The van der Waals surface area contributed by atoms with E-state index in [0.29, 0.717) is 19.7 Å². The van der Waals surface area contributed by atoms with Gasteiger partial charge in [-0.15, -0.1) is 0 Å². The fourth-order valence-corrected chi connectivity index (χ4v) is 2.24. The molecule has 20 heavy (non-hydrogen) atoms. The predicted octanol–water partition coefficient (Wildman–Crippen LogP) is 0.373. The number of nitrogens with two attached hydrogens (primary N) is 1. The first-order chi connectivity index (χ1) is 9.52. The number of aromatic nitrogens is 2. The zero-order valence-electron chi connectivity index (χ0n) is 12.1. The average Bonchev–Trinajstić information content (AvgIpc) is 2.39. The lowest BCUT2D eigenvalue weighted by atomic mass is 10.1. The zero-order chi connectivity index (χ0) is 14.6. The highest BCUT2D eigenvalue weighted by atomic mass is 16.5. The minimum Gasteiger partial charge on any atom is -0.372 e. The van der Waals surface area contributed by atoms with Gasteiger partial charge in [0.25, 0.3) is 5.56 Å². The first-order valence-electron chi connectivity index (χ1n) is 6.83. The third kappa shape index (κ3) is 3.68. The maximum Gasteiger partial charge on any atom is 0.269 e. The summed E-state index contributed by atoms with van der Waals surface area (Å²) in [7, 11) is 0. The number of hydrogen-bond acceptors (Lipinski definition) is 5. The summed E-state index contributed by atoms with van der Waals surface area (Å²) in [6.45, 7) is 7.21. The van der Waals surface area contributed by atoms with E-state index >= 15 is 0 Å². The topological polar surface area (TPSA) is 73.4 Å². The van der Waals surface area contributed by atoms with E-state index in [1.807, 2.05) is 26.0 Å². The van der Waals surface area contributed by atoms with Gasteiger partial charge in [-0.25, -0.2) is 4.68 Å². The minimum atomic E-state index is -0.197. The smallest absolute Gasteiger partial charge is 0.269 e. The molecule has 1 saturated heterocycles. The van der Waals surface area contributed by atoms with Crippen molar-refractivity contribution in [2.24, 2.45) is 5.73 Å². The number of ether oxygens (including phenoxy) is 1. The fourth-order valence-electron chi connectivity index (χ4n) is 2.24. The molecule has 1 aliphatic rings. The van der Waals surface area contributed by atoms with Gasteiger partial charge in [0, 0.05) is 25.7 Å². The summed E-state index contributed by atoms with van der Waals surface area (Å²) in [6.07, 6.45) is 5.39. The molecule has 0 unspecified atom stereocenters. The largest absolute Gasteiger partial charge is 0.372 e. The van der Waals surface area contributed by atoms with Crippen LogP contribution in [0.25, 0.3) is 0 Å². The van der Waals surface area contributed by atoms with E-state index in [2.05, 4.69) is 10.00 Å². The Hall–Kier alpha value is -1.66. The van der Waals surface area contributed by atoms with E-state index in [9.17, 15) is 4.79 Å². The van der Waals surface area contributed by atoms with Crippen molar-refractivity contribution in [3.63, 3.8) is 0 Å². The van der Waals surface area contributed by atoms with Crippen molar-refractivity contribution >= 4 is 5.69 Å². The van der Waals surface area contributed by atoms with Crippen LogP contribution < -0.4 is 16.2 Å². The number of hydrogen-bond donors (Lipinski definition) is 1. The second-order valence-corrected chi connectivity index (χ2v) is 5.47. The molecular formula is C14H22N4O2. The van der Waals surface area contributed by atoms with Crippen molar-refractivity contribution < 1.29 is 4.74 Å². The molecule has 0 radical (unpaired) electrons. The third-order valence-electron chi connectivity index (χ3n) is 3.23. The molecule has 1 aliphatic heterocycles. The van der Waals surface area contributed by atoms with Gasteiger partial charge < -0.3 is 15.4 Å². The normalized spacial score (nSPS) is 18.6. The van der Waals surface area contributed by atoms with Gasteiger partial charge in [-0.1, -0.05) is 12.2 Å². The third-order valence-corrected chi connectivity index (χ3v) is 3.23. The van der Waals surface area contributed by atoms with Crippen LogP contribution in [-0.4, -0.2) is 41.6 Å². The molecule has 6 heteroatoms. The van der Waals surface area contributed by atoms with E-state index in [1.54, 1.807) is 12.3 Å². The van der Waals surface area contributed by atoms with Crippen molar-refractivity contribution in [2.75, 3.05) is 31.1 Å². The monoisotopic (exact) mass is 278 g/mol. The highest BCUT2D eigenvalue weighted by molar-refractivity contribution is 5.43. The molecular weight excluding hydrogens is 256 g/mol. The Morgan fingerprint density at radius 1 is 1.50 bits per heavy atom. The Morgan fingerprint density at radius 2 is 2.30 bits per heavy atom. The molecule has 2 heterocycles. The summed E-state index contributed by atoms with van der Waals surface area (Å²) in [5, 5.41) is 4.20. The summed E-state index contributed by atoms with van der Waals surface area (Å²) in [6, 6.07) is 1.63. The van der Waals surface area contributed by atoms with Gasteiger partial charge in [-0.3, -0.25) is 4.79 Å². The van der Waals surface area contributed by atoms with Crippen LogP contribution in [0.1, 0.15) is 13.8 Å². The van der Waals surface area contributed by atoms with Crippen LogP contribution in [0.3, 0.4) is 0 Å². The predicted molar refractivity (Wildman–Crippen MR) is 78.9 cm³/mol. The van der Waals surface area contributed by atoms with Gasteiger partial charge in [0.05, 0.1) is 30.6 Å². The van der Waals surface area contributed by atoms with Crippen LogP contribution in [0.4, 0.5) is 5.69 Å². The fraction of sp³-hybridized carbons (Fsp3) is 0.571. The Bertz CT molecular complexity index is 536. The van der Waals surface area contributed by atoms with Crippen LogP contribution in [0.15, 0.2) is 29.2 Å². The van der Waals surface area contributed by atoms with Crippen molar-refractivity contribution in [3.8, 4) is 0 Å². The molecule has 0 bridgehead atoms. The van der Waals surface area contributed by atoms with Gasteiger partial charge in [-0.05, 0) is 13.8 Å². The van der Waals surface area contributed by atoms with E-state index in [0.717, 1.165) is 18.8 Å². The minimum absolute atomic E-state index is 0.103. The number of nitrogens with zero attached hydrogens (tertiary/aromatic N) is 3. The molecule has 2 rings (SSSR count). The van der Waals surface area contributed by atoms with Crippen molar-refractivity contribution in [3.05, 3.63) is 34.8 Å². The number of allylic oxidation sites excluding steroid dienone is 1. The summed E-state index contributed by atoms with van der Waals surface area (Å²) in [5.74, 6) is 0. The molecule has 2 N–H and O–H groups in total. The number of morpholine rings is 1. The molecule has 1 aromatic heterocycles. The van der Waals surface area contributed by atoms with Gasteiger partial charge >= 0.3 is 0 Å². The molecule has 0 aromatic carbocycles. The van der Waals surface area contributed by atoms with E-state index in [-0.39, 0.29) is 11.2 Å². The van der Waals surface area contributed by atoms with Gasteiger partial charge in [-0.2, -0.15) is 5.10 Å². The number of rotatable bonds is 4. The van der Waals surface area contributed by atoms with Crippen LogP contribution in [0.2, 0.25) is 0 Å². The van der Waals surface area contributed by atoms with Gasteiger partial charge in [0.1, 0.15) is 0 Å². The lowest BCUT2D eigenvalue weighted by Gasteiger charge is -2.39. The van der Waals surface area contributed by atoms with Crippen molar-refractivity contribution in [2.45, 2.75) is 26.0 Å².